The average Bonchev–Trinajstić information content (AvgIpc) is 2.61. The summed E-state index contributed by atoms with van der Waals surface area (Å²) in [7, 11) is 0. The number of hydrazine groups is 1. The Morgan fingerprint density at radius 1 is 1.04 bits per heavy atom. The lowest BCUT2D eigenvalue weighted by Crippen LogP contribution is -2.46. The number of amides is 1. The first-order valence-electron chi connectivity index (χ1n) is 7.69. The van der Waals surface area contributed by atoms with Gasteiger partial charge in [0.2, 0.25) is 5.91 Å². The van der Waals surface area contributed by atoms with Gasteiger partial charge in [-0.25, -0.2) is 0 Å². The molecular weight excluding hydrogens is 338 g/mol. The number of carbonyl (C=O) groups is 1. The van der Waals surface area contributed by atoms with E-state index in [-0.39, 0.29) is 5.91 Å². The molecule has 0 saturated heterocycles. The van der Waals surface area contributed by atoms with Crippen LogP contribution < -0.4 is 16.2 Å². The summed E-state index contributed by atoms with van der Waals surface area (Å²) in [6.07, 6.45) is 0.423. The van der Waals surface area contributed by atoms with Gasteiger partial charge in [0, 0.05) is 23.6 Å². The Labute approximate surface area is 152 Å². The average molecular weight is 360 g/mol. The lowest BCUT2D eigenvalue weighted by atomic mass is 10.2. The highest BCUT2D eigenvalue weighted by Crippen LogP contribution is 2.18. The Morgan fingerprint density at radius 3 is 2.46 bits per heavy atom. The lowest BCUT2D eigenvalue weighted by molar-refractivity contribution is -0.121. The van der Waals surface area contributed by atoms with Crippen molar-refractivity contribution in [3.63, 3.8) is 0 Å². The first-order chi connectivity index (χ1) is 11.6. The molecule has 2 rings (SSSR count). The molecule has 1 amide bonds. The van der Waals surface area contributed by atoms with Crippen LogP contribution in [0, 0.1) is 6.92 Å². The summed E-state index contributed by atoms with van der Waals surface area (Å²) in [5.41, 5.74) is 7.69. The third kappa shape index (κ3) is 7.02. The summed E-state index contributed by atoms with van der Waals surface area (Å²) < 4.78 is 0. The van der Waals surface area contributed by atoms with Gasteiger partial charge >= 0.3 is 0 Å². The predicted octanol–water partition coefficient (Wildman–Crippen LogP) is 3.17. The van der Waals surface area contributed by atoms with E-state index in [0.717, 1.165) is 11.3 Å². The van der Waals surface area contributed by atoms with Gasteiger partial charge in [-0.3, -0.25) is 15.6 Å². The maximum atomic E-state index is 11.8. The molecule has 0 radical (unpaired) electrons. The number of nitrogens with one attached hydrogen (secondary N) is 3. The zero-order valence-corrected chi connectivity index (χ0v) is 15.2. The Kier molecular flexibility index (Phi) is 7.58. The van der Waals surface area contributed by atoms with Crippen molar-refractivity contribution in [2.45, 2.75) is 24.8 Å². The van der Waals surface area contributed by atoms with Crippen LogP contribution in [0.2, 0.25) is 0 Å². The highest BCUT2D eigenvalue weighted by atomic mass is 32.2. The SMILES string of the molecule is Cc1ccc(SCCC(=O)NNC(=S)NCc2ccccc2)cc1. The second-order valence-electron chi connectivity index (χ2n) is 5.25. The fraction of sp³-hybridized carbons (Fsp3) is 0.222. The number of thiocarbonyl (C=S) groups is 1. The van der Waals surface area contributed by atoms with E-state index in [1.165, 1.54) is 10.5 Å². The molecule has 0 aliphatic rings. The largest absolute Gasteiger partial charge is 0.357 e. The van der Waals surface area contributed by atoms with E-state index in [4.69, 9.17) is 12.2 Å². The highest BCUT2D eigenvalue weighted by Gasteiger charge is 2.03. The zero-order valence-electron chi connectivity index (χ0n) is 13.5. The van der Waals surface area contributed by atoms with E-state index in [0.29, 0.717) is 18.1 Å². The highest BCUT2D eigenvalue weighted by molar-refractivity contribution is 7.99. The minimum absolute atomic E-state index is 0.0847. The number of rotatable bonds is 6. The number of thioether (sulfide) groups is 1. The molecule has 3 N–H and O–H groups in total. The molecule has 2 aromatic carbocycles. The minimum atomic E-state index is -0.0847. The molecule has 126 valence electrons. The van der Waals surface area contributed by atoms with Gasteiger partial charge in [-0.2, -0.15) is 0 Å². The van der Waals surface area contributed by atoms with Gasteiger partial charge in [-0.05, 0) is 36.8 Å². The molecule has 0 aliphatic carbocycles. The van der Waals surface area contributed by atoms with E-state index < -0.39 is 0 Å². The summed E-state index contributed by atoms with van der Waals surface area (Å²) in [6, 6.07) is 18.2. The molecule has 24 heavy (non-hydrogen) atoms. The number of benzene rings is 2. The van der Waals surface area contributed by atoms with Crippen LogP contribution in [0.5, 0.6) is 0 Å². The van der Waals surface area contributed by atoms with Crippen LogP contribution in [0.25, 0.3) is 0 Å². The number of aryl methyl sites for hydroxylation is 1. The second kappa shape index (κ2) is 9.95. The molecule has 0 fully saturated rings. The molecule has 2 aromatic rings. The Bertz CT molecular complexity index is 660. The van der Waals surface area contributed by atoms with Crippen LogP contribution >= 0.6 is 24.0 Å². The smallest absolute Gasteiger partial charge is 0.239 e. The first kappa shape index (κ1) is 18.3. The van der Waals surface area contributed by atoms with Gasteiger partial charge in [-0.15, -0.1) is 11.8 Å². The Morgan fingerprint density at radius 2 is 1.75 bits per heavy atom. The molecule has 0 atom stereocenters. The summed E-state index contributed by atoms with van der Waals surface area (Å²) in [5, 5.41) is 3.44. The van der Waals surface area contributed by atoms with Crippen LogP contribution in [-0.4, -0.2) is 16.8 Å². The first-order valence-corrected chi connectivity index (χ1v) is 9.09. The van der Waals surface area contributed by atoms with E-state index in [1.54, 1.807) is 11.8 Å². The number of hydrogen-bond acceptors (Lipinski definition) is 3. The van der Waals surface area contributed by atoms with Crippen molar-refractivity contribution in [1.82, 2.24) is 16.2 Å². The van der Waals surface area contributed by atoms with Crippen molar-refractivity contribution in [3.8, 4) is 0 Å². The van der Waals surface area contributed by atoms with E-state index in [2.05, 4.69) is 47.4 Å². The van der Waals surface area contributed by atoms with Gasteiger partial charge < -0.3 is 5.32 Å². The number of carbonyl (C=O) groups excluding carboxylic acids is 1. The van der Waals surface area contributed by atoms with Crippen molar-refractivity contribution in [3.05, 3.63) is 65.7 Å². The lowest BCUT2D eigenvalue weighted by Gasteiger charge is -2.11. The van der Waals surface area contributed by atoms with Crippen LogP contribution in [0.1, 0.15) is 17.5 Å². The molecular formula is C18H21N3OS2. The summed E-state index contributed by atoms with van der Waals surface area (Å²) in [6.45, 7) is 2.67. The molecule has 0 saturated carbocycles. The third-order valence-electron chi connectivity index (χ3n) is 3.23. The predicted molar refractivity (Wildman–Crippen MR) is 104 cm³/mol. The molecule has 0 unspecified atom stereocenters. The Balaban J connectivity index is 1.58. The van der Waals surface area contributed by atoms with E-state index >= 15 is 0 Å². The minimum Gasteiger partial charge on any atom is -0.357 e. The molecule has 0 bridgehead atoms. The molecule has 0 aromatic heterocycles. The standard InChI is InChI=1S/C18H21N3OS2/c1-14-7-9-16(10-8-14)24-12-11-17(22)20-21-18(23)19-13-15-5-3-2-4-6-15/h2-10H,11-13H2,1H3,(H,20,22)(H2,19,21,23). The zero-order chi connectivity index (χ0) is 17.2. The maximum Gasteiger partial charge on any atom is 0.239 e. The molecule has 4 nitrogen and oxygen atoms in total. The topological polar surface area (TPSA) is 53.2 Å². The van der Waals surface area contributed by atoms with Gasteiger partial charge in [-0.1, -0.05) is 48.0 Å². The van der Waals surface area contributed by atoms with Crippen LogP contribution in [0.3, 0.4) is 0 Å². The van der Waals surface area contributed by atoms with Crippen molar-refractivity contribution < 1.29 is 4.79 Å². The molecule has 0 heterocycles. The van der Waals surface area contributed by atoms with Gasteiger partial charge in [0.15, 0.2) is 5.11 Å². The monoisotopic (exact) mass is 359 g/mol. The van der Waals surface area contributed by atoms with Crippen molar-refractivity contribution in [1.29, 1.82) is 0 Å². The van der Waals surface area contributed by atoms with Crippen LogP contribution in [0.15, 0.2) is 59.5 Å². The Hall–Kier alpha value is -2.05. The number of hydrogen-bond donors (Lipinski definition) is 3. The quantitative estimate of drug-likeness (QED) is 0.420. The fourth-order valence-electron chi connectivity index (χ4n) is 1.91. The summed E-state index contributed by atoms with van der Waals surface area (Å²) in [4.78, 5) is 13.0. The summed E-state index contributed by atoms with van der Waals surface area (Å²) >= 11 is 6.79. The molecule has 0 spiro atoms. The van der Waals surface area contributed by atoms with E-state index in [9.17, 15) is 4.79 Å². The van der Waals surface area contributed by atoms with Crippen molar-refractivity contribution >= 4 is 35.0 Å². The fourth-order valence-corrected chi connectivity index (χ4v) is 2.88. The van der Waals surface area contributed by atoms with Crippen LogP contribution in [-0.2, 0) is 11.3 Å². The van der Waals surface area contributed by atoms with Crippen molar-refractivity contribution in [2.75, 3.05) is 5.75 Å². The van der Waals surface area contributed by atoms with Gasteiger partial charge in [0.25, 0.3) is 0 Å². The second-order valence-corrected chi connectivity index (χ2v) is 6.83. The molecule has 0 aliphatic heterocycles. The normalized spacial score (nSPS) is 10.0. The van der Waals surface area contributed by atoms with E-state index in [1.807, 2.05) is 30.3 Å². The van der Waals surface area contributed by atoms with Crippen molar-refractivity contribution in [2.24, 2.45) is 0 Å². The summed E-state index contributed by atoms with van der Waals surface area (Å²) in [5.74, 6) is 0.638. The van der Waals surface area contributed by atoms with Gasteiger partial charge in [0.05, 0.1) is 0 Å². The van der Waals surface area contributed by atoms with Gasteiger partial charge in [0.1, 0.15) is 0 Å². The maximum absolute atomic E-state index is 11.8. The third-order valence-corrected chi connectivity index (χ3v) is 4.49. The van der Waals surface area contributed by atoms with Crippen LogP contribution in [0.4, 0.5) is 0 Å². The molecule has 6 heteroatoms.